The van der Waals surface area contributed by atoms with Gasteiger partial charge in [0, 0.05) is 12.0 Å². The van der Waals surface area contributed by atoms with Crippen molar-refractivity contribution in [2.75, 3.05) is 13.7 Å². The van der Waals surface area contributed by atoms with E-state index in [2.05, 4.69) is 48.6 Å². The number of nitrogens with zero attached hydrogens (tertiary/aromatic N) is 3. The highest BCUT2D eigenvalue weighted by molar-refractivity contribution is 14.1. The first-order valence-electron chi connectivity index (χ1n) is 6.10. The summed E-state index contributed by atoms with van der Waals surface area (Å²) in [5, 5.41) is 5.64. The van der Waals surface area contributed by atoms with Crippen LogP contribution < -0.4 is 4.74 Å². The van der Waals surface area contributed by atoms with Gasteiger partial charge >= 0.3 is 0 Å². The average Bonchev–Trinajstić information content (AvgIpc) is 2.76. The van der Waals surface area contributed by atoms with Gasteiger partial charge in [0.2, 0.25) is 5.88 Å². The predicted octanol–water partition coefficient (Wildman–Crippen LogP) is 3.51. The fourth-order valence-corrected chi connectivity index (χ4v) is 3.36. The minimum atomic E-state index is -0.0170. The van der Waals surface area contributed by atoms with Gasteiger partial charge in [0.1, 0.15) is 13.8 Å². The Morgan fingerprint density at radius 3 is 3.05 bits per heavy atom. The van der Waals surface area contributed by atoms with Crippen molar-refractivity contribution in [3.05, 3.63) is 14.4 Å². The van der Waals surface area contributed by atoms with Crippen molar-refractivity contribution in [1.29, 1.82) is 0 Å². The van der Waals surface area contributed by atoms with Crippen LogP contribution in [0.15, 0.2) is 10.7 Å². The Kier molecular flexibility index (Phi) is 3.95. The predicted molar refractivity (Wildman–Crippen MR) is 83.3 cm³/mol. The minimum absolute atomic E-state index is 0.0170. The Hall–Kier alpha value is -0.410. The van der Waals surface area contributed by atoms with Crippen molar-refractivity contribution >= 4 is 49.4 Å². The molecule has 1 unspecified atom stereocenters. The van der Waals surface area contributed by atoms with Crippen molar-refractivity contribution in [2.24, 2.45) is 0 Å². The third-order valence-corrected chi connectivity index (χ3v) is 4.40. The number of rotatable bonds is 2. The van der Waals surface area contributed by atoms with Crippen LogP contribution in [-0.2, 0) is 4.74 Å². The number of methoxy groups -OCH3 is 1. The van der Waals surface area contributed by atoms with Crippen molar-refractivity contribution in [3.63, 3.8) is 0 Å². The van der Waals surface area contributed by atoms with Crippen LogP contribution in [0.2, 0.25) is 0 Å². The molecule has 0 saturated carbocycles. The first-order chi connectivity index (χ1) is 9.20. The Balaban J connectivity index is 2.18. The lowest BCUT2D eigenvalue weighted by Crippen LogP contribution is -2.19. The molecule has 0 N–H and O–H groups in total. The zero-order valence-corrected chi connectivity index (χ0v) is 14.1. The molecule has 102 valence electrons. The molecule has 0 aliphatic carbocycles. The van der Waals surface area contributed by atoms with E-state index in [4.69, 9.17) is 9.47 Å². The number of ether oxygens (including phenoxy) is 2. The SMILES string of the molecule is COc1nc(Br)cc2c(I)nn(C3CCCCO3)c12. The molecule has 2 aromatic rings. The van der Waals surface area contributed by atoms with Gasteiger partial charge in [0.25, 0.3) is 0 Å². The standard InChI is InChI=1S/C12H13BrIN3O2/c1-18-12-10-7(6-8(13)15-12)11(14)16-17(10)9-4-2-3-5-19-9/h6,9H,2-5H2,1H3. The summed E-state index contributed by atoms with van der Waals surface area (Å²) >= 11 is 5.63. The Labute approximate surface area is 132 Å². The lowest BCUT2D eigenvalue weighted by atomic mass is 10.2. The summed E-state index contributed by atoms with van der Waals surface area (Å²) in [6.07, 6.45) is 3.24. The number of halogens is 2. The van der Waals surface area contributed by atoms with E-state index in [9.17, 15) is 0 Å². The molecule has 1 saturated heterocycles. The second-order valence-electron chi connectivity index (χ2n) is 4.41. The summed E-state index contributed by atoms with van der Waals surface area (Å²) < 4.78 is 14.8. The fourth-order valence-electron chi connectivity index (χ4n) is 2.33. The molecule has 7 heteroatoms. The number of fused-ring (bicyclic) bond motifs is 1. The van der Waals surface area contributed by atoms with Gasteiger partial charge in [-0.1, -0.05) is 0 Å². The lowest BCUT2D eigenvalue weighted by Gasteiger charge is -2.23. The van der Waals surface area contributed by atoms with Crippen LogP contribution >= 0.6 is 38.5 Å². The van der Waals surface area contributed by atoms with Gasteiger partial charge in [0.15, 0.2) is 6.23 Å². The van der Waals surface area contributed by atoms with Gasteiger partial charge in [-0.15, -0.1) is 0 Å². The first kappa shape index (κ1) is 13.6. The van der Waals surface area contributed by atoms with Crippen LogP contribution in [0.1, 0.15) is 25.5 Å². The van der Waals surface area contributed by atoms with Crippen LogP contribution in [0.4, 0.5) is 0 Å². The van der Waals surface area contributed by atoms with E-state index >= 15 is 0 Å². The van der Waals surface area contributed by atoms with E-state index in [1.165, 1.54) is 0 Å². The van der Waals surface area contributed by atoms with Crippen molar-refractivity contribution in [3.8, 4) is 5.88 Å². The maximum atomic E-state index is 5.82. The Morgan fingerprint density at radius 1 is 1.53 bits per heavy atom. The van der Waals surface area contributed by atoms with Gasteiger partial charge in [0.05, 0.1) is 7.11 Å². The molecule has 0 amide bonds. The van der Waals surface area contributed by atoms with E-state index in [1.54, 1.807) is 7.11 Å². The van der Waals surface area contributed by atoms with Gasteiger partial charge in [-0.3, -0.25) is 0 Å². The number of pyridine rings is 1. The average molecular weight is 438 g/mol. The molecule has 1 aliphatic rings. The van der Waals surface area contributed by atoms with Gasteiger partial charge in [-0.05, 0) is 63.8 Å². The highest BCUT2D eigenvalue weighted by atomic mass is 127. The molecule has 0 spiro atoms. The van der Waals surface area contributed by atoms with Crippen LogP contribution in [0.5, 0.6) is 5.88 Å². The molecule has 0 aromatic carbocycles. The molecule has 3 rings (SSSR count). The molecule has 1 atom stereocenters. The van der Waals surface area contributed by atoms with E-state index in [-0.39, 0.29) is 6.23 Å². The first-order valence-corrected chi connectivity index (χ1v) is 7.97. The van der Waals surface area contributed by atoms with E-state index < -0.39 is 0 Å². The normalized spacial score (nSPS) is 19.8. The fraction of sp³-hybridized carbons (Fsp3) is 0.500. The maximum absolute atomic E-state index is 5.82. The number of hydrogen-bond donors (Lipinski definition) is 0. The molecule has 1 fully saturated rings. The number of hydrogen-bond acceptors (Lipinski definition) is 4. The lowest BCUT2D eigenvalue weighted by molar-refractivity contribution is -0.0370. The zero-order chi connectivity index (χ0) is 13.4. The molecular weight excluding hydrogens is 425 g/mol. The summed E-state index contributed by atoms with van der Waals surface area (Å²) in [5.74, 6) is 0.578. The highest BCUT2D eigenvalue weighted by Crippen LogP contribution is 2.34. The third kappa shape index (κ3) is 2.47. The molecular formula is C12H13BrIN3O2. The monoisotopic (exact) mass is 437 g/mol. The maximum Gasteiger partial charge on any atom is 0.241 e. The smallest absolute Gasteiger partial charge is 0.241 e. The zero-order valence-electron chi connectivity index (χ0n) is 10.4. The molecule has 2 aromatic heterocycles. The Morgan fingerprint density at radius 2 is 2.37 bits per heavy atom. The summed E-state index contributed by atoms with van der Waals surface area (Å²) in [5.41, 5.74) is 0.905. The molecule has 1 aliphatic heterocycles. The van der Waals surface area contributed by atoms with Crippen molar-refractivity contribution in [1.82, 2.24) is 14.8 Å². The topological polar surface area (TPSA) is 49.2 Å². The molecule has 3 heterocycles. The van der Waals surface area contributed by atoms with Gasteiger partial charge in [-0.25, -0.2) is 9.67 Å². The summed E-state index contributed by atoms with van der Waals surface area (Å²) in [4.78, 5) is 4.36. The van der Waals surface area contributed by atoms with Crippen molar-refractivity contribution < 1.29 is 9.47 Å². The van der Waals surface area contributed by atoms with E-state index in [1.807, 2.05) is 10.7 Å². The van der Waals surface area contributed by atoms with E-state index in [0.29, 0.717) is 5.88 Å². The van der Waals surface area contributed by atoms with Crippen LogP contribution in [-0.4, -0.2) is 28.5 Å². The summed E-state index contributed by atoms with van der Waals surface area (Å²) in [7, 11) is 1.63. The molecule has 0 radical (unpaired) electrons. The van der Waals surface area contributed by atoms with Crippen LogP contribution in [0, 0.1) is 3.70 Å². The van der Waals surface area contributed by atoms with Crippen LogP contribution in [0.3, 0.4) is 0 Å². The van der Waals surface area contributed by atoms with E-state index in [0.717, 1.165) is 45.1 Å². The second kappa shape index (κ2) is 5.53. The number of aromatic nitrogens is 3. The van der Waals surface area contributed by atoms with Crippen LogP contribution in [0.25, 0.3) is 10.9 Å². The summed E-state index contributed by atoms with van der Waals surface area (Å²) in [6, 6.07) is 1.96. The largest absolute Gasteiger partial charge is 0.479 e. The summed E-state index contributed by atoms with van der Waals surface area (Å²) in [6.45, 7) is 0.787. The van der Waals surface area contributed by atoms with Gasteiger partial charge < -0.3 is 9.47 Å². The molecule has 5 nitrogen and oxygen atoms in total. The minimum Gasteiger partial charge on any atom is -0.479 e. The van der Waals surface area contributed by atoms with Gasteiger partial charge in [-0.2, -0.15) is 5.10 Å². The second-order valence-corrected chi connectivity index (χ2v) is 6.24. The molecule has 0 bridgehead atoms. The third-order valence-electron chi connectivity index (χ3n) is 3.20. The highest BCUT2D eigenvalue weighted by Gasteiger charge is 2.23. The quantitative estimate of drug-likeness (QED) is 0.533. The van der Waals surface area contributed by atoms with Crippen molar-refractivity contribution in [2.45, 2.75) is 25.5 Å². The molecule has 19 heavy (non-hydrogen) atoms. The Bertz CT molecular complexity index is 611.